The summed E-state index contributed by atoms with van der Waals surface area (Å²) in [5.74, 6) is -0.639. The van der Waals surface area contributed by atoms with Gasteiger partial charge in [-0.3, -0.25) is 0 Å². The van der Waals surface area contributed by atoms with Gasteiger partial charge in [-0.05, 0) is 34.5 Å². The summed E-state index contributed by atoms with van der Waals surface area (Å²) in [6.45, 7) is 0. The third kappa shape index (κ3) is 1.62. The molecule has 0 amide bonds. The van der Waals surface area contributed by atoms with Gasteiger partial charge in [-0.25, -0.2) is 8.78 Å². The number of alkyl halides is 1. The van der Waals surface area contributed by atoms with Crippen LogP contribution in [-0.2, 0) is 5.33 Å². The monoisotopic (exact) mass is 306 g/mol. The van der Waals surface area contributed by atoms with Crippen molar-refractivity contribution in [2.45, 2.75) is 5.33 Å². The van der Waals surface area contributed by atoms with E-state index in [4.69, 9.17) is 0 Å². The highest BCUT2D eigenvalue weighted by molar-refractivity contribution is 9.08. The Kier molecular flexibility index (Phi) is 2.78. The topological polar surface area (TPSA) is 0 Å². The molecule has 0 fully saturated rings. The first kappa shape index (κ1) is 11.6. The predicted octanol–water partition coefficient (Wildman–Crippen LogP) is 5.17. The van der Waals surface area contributed by atoms with Crippen LogP contribution in [0, 0.1) is 11.6 Å². The van der Waals surface area contributed by atoms with Crippen LogP contribution < -0.4 is 0 Å². The zero-order valence-corrected chi connectivity index (χ0v) is 11.0. The first-order valence-electron chi connectivity index (χ1n) is 5.56. The molecule has 0 atom stereocenters. The van der Waals surface area contributed by atoms with Crippen LogP contribution in [0.2, 0.25) is 0 Å². The van der Waals surface area contributed by atoms with Crippen LogP contribution in [0.5, 0.6) is 0 Å². The Morgan fingerprint density at radius 1 is 0.778 bits per heavy atom. The van der Waals surface area contributed by atoms with Gasteiger partial charge in [-0.15, -0.1) is 0 Å². The molecule has 0 nitrogen and oxygen atoms in total. The van der Waals surface area contributed by atoms with E-state index in [0.29, 0.717) is 16.1 Å². The molecule has 0 bridgehead atoms. The molecule has 0 N–H and O–H groups in total. The molecule has 0 spiro atoms. The molecule has 0 unspecified atom stereocenters. The van der Waals surface area contributed by atoms with Crippen LogP contribution in [0.4, 0.5) is 8.78 Å². The van der Waals surface area contributed by atoms with Crippen molar-refractivity contribution >= 4 is 37.5 Å². The third-order valence-electron chi connectivity index (χ3n) is 3.18. The molecule has 3 heteroatoms. The first-order chi connectivity index (χ1) is 8.72. The fourth-order valence-electron chi connectivity index (χ4n) is 2.33. The van der Waals surface area contributed by atoms with Gasteiger partial charge in [0.1, 0.15) is 11.6 Å². The van der Waals surface area contributed by atoms with Gasteiger partial charge >= 0.3 is 0 Å². The van der Waals surface area contributed by atoms with Crippen molar-refractivity contribution in [1.82, 2.24) is 0 Å². The lowest BCUT2D eigenvalue weighted by atomic mass is 9.97. The summed E-state index contributed by atoms with van der Waals surface area (Å²) in [6.07, 6.45) is 0. The zero-order valence-electron chi connectivity index (χ0n) is 9.38. The van der Waals surface area contributed by atoms with Crippen molar-refractivity contribution in [3.05, 3.63) is 59.7 Å². The molecule has 0 aromatic heterocycles. The van der Waals surface area contributed by atoms with E-state index >= 15 is 0 Å². The van der Waals surface area contributed by atoms with E-state index in [0.717, 1.165) is 16.3 Å². The molecule has 0 saturated carbocycles. The summed E-state index contributed by atoms with van der Waals surface area (Å²) in [6, 6.07) is 11.4. The molecule has 0 aliphatic rings. The van der Waals surface area contributed by atoms with E-state index in [1.54, 1.807) is 18.2 Å². The van der Waals surface area contributed by atoms with Crippen molar-refractivity contribution in [2.75, 3.05) is 0 Å². The number of benzene rings is 3. The molecule has 3 aromatic rings. The Morgan fingerprint density at radius 3 is 1.72 bits per heavy atom. The van der Waals surface area contributed by atoms with Crippen LogP contribution >= 0.6 is 15.9 Å². The molecule has 0 aliphatic heterocycles. The van der Waals surface area contributed by atoms with E-state index < -0.39 is 0 Å². The van der Waals surface area contributed by atoms with Crippen molar-refractivity contribution in [1.29, 1.82) is 0 Å². The van der Waals surface area contributed by atoms with Crippen LogP contribution in [-0.4, -0.2) is 0 Å². The SMILES string of the molecule is Fc1cccc2c(CBr)c3cccc(F)c3cc12. The Balaban J connectivity index is 2.61. The highest BCUT2D eigenvalue weighted by Gasteiger charge is 2.11. The fraction of sp³-hybridized carbons (Fsp3) is 0.0667. The van der Waals surface area contributed by atoms with Crippen molar-refractivity contribution in [2.24, 2.45) is 0 Å². The third-order valence-corrected chi connectivity index (χ3v) is 3.74. The van der Waals surface area contributed by atoms with Crippen LogP contribution in [0.1, 0.15) is 5.56 Å². The smallest absolute Gasteiger partial charge is 0.131 e. The van der Waals surface area contributed by atoms with Crippen molar-refractivity contribution in [3.63, 3.8) is 0 Å². The molecule has 0 radical (unpaired) electrons. The quantitative estimate of drug-likeness (QED) is 0.430. The van der Waals surface area contributed by atoms with Gasteiger partial charge in [0.05, 0.1) is 0 Å². The minimum absolute atomic E-state index is 0.320. The first-order valence-corrected chi connectivity index (χ1v) is 6.69. The summed E-state index contributed by atoms with van der Waals surface area (Å²) in [4.78, 5) is 0. The Morgan fingerprint density at radius 2 is 1.28 bits per heavy atom. The summed E-state index contributed by atoms with van der Waals surface area (Å²) in [5.41, 5.74) is 0.918. The maximum absolute atomic E-state index is 13.8. The fourth-order valence-corrected chi connectivity index (χ4v) is 2.93. The van der Waals surface area contributed by atoms with Crippen molar-refractivity contribution < 1.29 is 8.78 Å². The Labute approximate surface area is 111 Å². The molecular weight excluding hydrogens is 298 g/mol. The van der Waals surface area contributed by atoms with Gasteiger partial charge in [0.15, 0.2) is 0 Å². The molecular formula is C15H9BrF2. The Bertz CT molecular complexity index is 690. The highest BCUT2D eigenvalue weighted by Crippen LogP contribution is 2.32. The lowest BCUT2D eigenvalue weighted by molar-refractivity contribution is 0.637. The molecule has 0 saturated heterocycles. The van der Waals surface area contributed by atoms with Gasteiger partial charge in [0.25, 0.3) is 0 Å². The molecule has 0 heterocycles. The van der Waals surface area contributed by atoms with Gasteiger partial charge in [-0.1, -0.05) is 40.2 Å². The van der Waals surface area contributed by atoms with Crippen LogP contribution in [0.25, 0.3) is 21.5 Å². The largest absolute Gasteiger partial charge is 0.206 e. The molecule has 0 aliphatic carbocycles. The molecule has 18 heavy (non-hydrogen) atoms. The number of halogens is 3. The van der Waals surface area contributed by atoms with Gasteiger partial charge in [-0.2, -0.15) is 0 Å². The van der Waals surface area contributed by atoms with E-state index in [9.17, 15) is 8.78 Å². The summed E-state index contributed by atoms with van der Waals surface area (Å²) in [7, 11) is 0. The molecule has 90 valence electrons. The second kappa shape index (κ2) is 4.32. The van der Waals surface area contributed by atoms with Gasteiger partial charge in [0, 0.05) is 16.1 Å². The second-order valence-corrected chi connectivity index (χ2v) is 4.72. The maximum atomic E-state index is 13.8. The minimum Gasteiger partial charge on any atom is -0.206 e. The maximum Gasteiger partial charge on any atom is 0.131 e. The lowest BCUT2D eigenvalue weighted by Crippen LogP contribution is -1.90. The molecule has 3 aromatic carbocycles. The normalized spacial score (nSPS) is 11.3. The highest BCUT2D eigenvalue weighted by atomic mass is 79.9. The lowest BCUT2D eigenvalue weighted by Gasteiger charge is -2.10. The zero-order chi connectivity index (χ0) is 12.7. The Hall–Kier alpha value is -1.48. The number of hydrogen-bond donors (Lipinski definition) is 0. The van der Waals surface area contributed by atoms with E-state index in [2.05, 4.69) is 15.9 Å². The second-order valence-electron chi connectivity index (χ2n) is 4.16. The number of fused-ring (bicyclic) bond motifs is 2. The van der Waals surface area contributed by atoms with E-state index in [-0.39, 0.29) is 11.6 Å². The summed E-state index contributed by atoms with van der Waals surface area (Å²) in [5, 5.41) is 3.14. The van der Waals surface area contributed by atoms with Gasteiger partial charge < -0.3 is 0 Å². The number of hydrogen-bond acceptors (Lipinski definition) is 0. The standard InChI is InChI=1S/C15H9BrF2/c16-8-13-9-3-1-5-14(17)11(9)7-12-10(13)4-2-6-15(12)18/h1-7H,8H2. The van der Waals surface area contributed by atoms with Crippen molar-refractivity contribution in [3.8, 4) is 0 Å². The molecule has 3 rings (SSSR count). The minimum atomic E-state index is -0.320. The van der Waals surface area contributed by atoms with Crippen LogP contribution in [0.3, 0.4) is 0 Å². The summed E-state index contributed by atoms with van der Waals surface area (Å²) >= 11 is 3.40. The van der Waals surface area contributed by atoms with Crippen LogP contribution in [0.15, 0.2) is 42.5 Å². The average Bonchev–Trinajstić information content (AvgIpc) is 2.38. The average molecular weight is 307 g/mol. The predicted molar refractivity (Wildman–Crippen MR) is 74.0 cm³/mol. The number of rotatable bonds is 1. The summed E-state index contributed by atoms with van der Waals surface area (Å²) < 4.78 is 27.6. The van der Waals surface area contributed by atoms with Gasteiger partial charge in [0.2, 0.25) is 0 Å². The van der Waals surface area contributed by atoms with E-state index in [1.165, 1.54) is 12.1 Å². The van der Waals surface area contributed by atoms with E-state index in [1.807, 2.05) is 12.1 Å².